The van der Waals surface area contributed by atoms with Gasteiger partial charge in [0.1, 0.15) is 0 Å². The van der Waals surface area contributed by atoms with Crippen molar-refractivity contribution in [3.8, 4) is 0 Å². The zero-order chi connectivity index (χ0) is 7.56. The summed E-state index contributed by atoms with van der Waals surface area (Å²) in [5, 5.41) is 0. The summed E-state index contributed by atoms with van der Waals surface area (Å²) in [6.45, 7) is 8.21. The Hall–Kier alpha value is 0.146. The average Bonchev–Trinajstić information content (AvgIpc) is 1.88. The summed E-state index contributed by atoms with van der Waals surface area (Å²) in [5.41, 5.74) is 2.47. The maximum absolute atomic E-state index is 3.82. The van der Waals surface area contributed by atoms with Crippen LogP contribution >= 0.6 is 0 Å². The van der Waals surface area contributed by atoms with Crippen molar-refractivity contribution in [1.82, 2.24) is 0 Å². The van der Waals surface area contributed by atoms with Crippen LogP contribution in [0.5, 0.6) is 0 Å². The SMILES string of the molecule is [CH2-]c1ccc(C(C)C)cc1.[Cl-].[Mg+2]. The van der Waals surface area contributed by atoms with E-state index >= 15 is 0 Å². The Morgan fingerprint density at radius 1 is 1.08 bits per heavy atom. The third-order valence-corrected chi connectivity index (χ3v) is 1.65. The van der Waals surface area contributed by atoms with Gasteiger partial charge in [0, 0.05) is 0 Å². The van der Waals surface area contributed by atoms with Crippen molar-refractivity contribution >= 4 is 23.1 Å². The standard InChI is InChI=1S/C10H13.ClH.Mg/c1-8(2)10-6-4-9(3)5-7-10;;/h4-8H,3H2,1-2H3;1H;/q-1;;+2/p-1. The smallest absolute Gasteiger partial charge is 1.00 e. The molecule has 0 aliphatic heterocycles. The molecule has 0 amide bonds. The molecule has 0 nitrogen and oxygen atoms in total. The van der Waals surface area contributed by atoms with Crippen LogP contribution in [0.15, 0.2) is 24.3 Å². The van der Waals surface area contributed by atoms with Crippen LogP contribution in [0.1, 0.15) is 30.9 Å². The summed E-state index contributed by atoms with van der Waals surface area (Å²) in [6, 6.07) is 8.37. The number of halogens is 1. The second-order valence-corrected chi connectivity index (χ2v) is 2.90. The van der Waals surface area contributed by atoms with Gasteiger partial charge >= 0.3 is 23.1 Å². The van der Waals surface area contributed by atoms with Gasteiger partial charge in [-0.3, -0.25) is 0 Å². The minimum Gasteiger partial charge on any atom is -1.00 e. The molecule has 0 N–H and O–H groups in total. The first kappa shape index (κ1) is 14.7. The second kappa shape index (κ2) is 6.64. The van der Waals surface area contributed by atoms with E-state index in [1.807, 2.05) is 0 Å². The van der Waals surface area contributed by atoms with Crippen LogP contribution in [0.25, 0.3) is 0 Å². The first-order valence-corrected chi connectivity index (χ1v) is 3.62. The van der Waals surface area contributed by atoms with E-state index in [4.69, 9.17) is 0 Å². The van der Waals surface area contributed by atoms with Crippen molar-refractivity contribution in [3.63, 3.8) is 0 Å². The van der Waals surface area contributed by atoms with Gasteiger partial charge in [0.15, 0.2) is 0 Å². The normalized spacial score (nSPS) is 8.58. The van der Waals surface area contributed by atoms with Crippen molar-refractivity contribution in [2.75, 3.05) is 0 Å². The molecule has 0 saturated heterocycles. The molecular formula is C10H13ClMg. The van der Waals surface area contributed by atoms with E-state index in [0.717, 1.165) is 5.56 Å². The van der Waals surface area contributed by atoms with Crippen molar-refractivity contribution < 1.29 is 12.4 Å². The zero-order valence-electron chi connectivity index (χ0n) is 7.68. The molecule has 0 heterocycles. The van der Waals surface area contributed by atoms with E-state index in [-0.39, 0.29) is 35.5 Å². The Morgan fingerprint density at radius 3 is 1.83 bits per heavy atom. The topological polar surface area (TPSA) is 0 Å². The molecule has 0 aliphatic rings. The Balaban J connectivity index is 0. The molecule has 0 aromatic heterocycles. The first-order valence-electron chi connectivity index (χ1n) is 3.62. The fourth-order valence-corrected chi connectivity index (χ4v) is 0.903. The van der Waals surface area contributed by atoms with E-state index in [0.29, 0.717) is 5.92 Å². The molecule has 12 heavy (non-hydrogen) atoms. The van der Waals surface area contributed by atoms with E-state index < -0.39 is 0 Å². The zero-order valence-corrected chi connectivity index (χ0v) is 9.85. The van der Waals surface area contributed by atoms with Gasteiger partial charge in [-0.05, 0) is 5.92 Å². The van der Waals surface area contributed by atoms with Crippen molar-refractivity contribution in [2.45, 2.75) is 19.8 Å². The summed E-state index contributed by atoms with van der Waals surface area (Å²) in [7, 11) is 0. The van der Waals surface area contributed by atoms with Gasteiger partial charge in [0.2, 0.25) is 0 Å². The van der Waals surface area contributed by atoms with Crippen molar-refractivity contribution in [3.05, 3.63) is 42.3 Å². The first-order chi connectivity index (χ1) is 4.70. The molecule has 0 saturated carbocycles. The van der Waals surface area contributed by atoms with Gasteiger partial charge in [-0.1, -0.05) is 19.4 Å². The largest absolute Gasteiger partial charge is 2.00 e. The Kier molecular flexibility index (Phi) is 8.11. The number of benzene rings is 1. The van der Waals surface area contributed by atoms with Crippen LogP contribution in [-0.2, 0) is 0 Å². The molecule has 0 atom stereocenters. The molecule has 0 aliphatic carbocycles. The molecule has 1 rings (SSSR count). The summed E-state index contributed by atoms with van der Waals surface area (Å²) in [4.78, 5) is 0. The van der Waals surface area contributed by atoms with Crippen LogP contribution in [0.4, 0.5) is 0 Å². The van der Waals surface area contributed by atoms with Gasteiger partial charge < -0.3 is 12.4 Å². The number of rotatable bonds is 1. The molecule has 62 valence electrons. The van der Waals surface area contributed by atoms with Crippen LogP contribution in [0, 0.1) is 6.92 Å². The molecular weight excluding hydrogens is 180 g/mol. The van der Waals surface area contributed by atoms with E-state index in [2.05, 4.69) is 45.0 Å². The molecule has 1 aromatic carbocycles. The Labute approximate surface area is 97.3 Å². The molecule has 0 spiro atoms. The molecule has 2 heteroatoms. The fourth-order valence-electron chi connectivity index (χ4n) is 0.903. The second-order valence-electron chi connectivity index (χ2n) is 2.90. The van der Waals surface area contributed by atoms with Gasteiger partial charge in [-0.15, -0.1) is 12.1 Å². The molecule has 0 radical (unpaired) electrons. The van der Waals surface area contributed by atoms with Gasteiger partial charge in [0.25, 0.3) is 0 Å². The van der Waals surface area contributed by atoms with Crippen molar-refractivity contribution in [1.29, 1.82) is 0 Å². The number of hydrogen-bond acceptors (Lipinski definition) is 0. The third kappa shape index (κ3) is 4.24. The summed E-state index contributed by atoms with van der Waals surface area (Å²) in [6.07, 6.45) is 0. The Morgan fingerprint density at radius 2 is 1.50 bits per heavy atom. The Bertz CT molecular complexity index is 204. The van der Waals surface area contributed by atoms with Crippen LogP contribution in [-0.4, -0.2) is 23.1 Å². The summed E-state index contributed by atoms with van der Waals surface area (Å²) in [5.74, 6) is 0.626. The summed E-state index contributed by atoms with van der Waals surface area (Å²) < 4.78 is 0. The fraction of sp³-hybridized carbons (Fsp3) is 0.300. The minimum absolute atomic E-state index is 0. The minimum atomic E-state index is 0. The van der Waals surface area contributed by atoms with E-state index in [9.17, 15) is 0 Å². The van der Waals surface area contributed by atoms with Crippen LogP contribution < -0.4 is 12.4 Å². The predicted octanol–water partition coefficient (Wildman–Crippen LogP) is -0.385. The number of hydrogen-bond donors (Lipinski definition) is 0. The van der Waals surface area contributed by atoms with Crippen LogP contribution in [0.2, 0.25) is 0 Å². The van der Waals surface area contributed by atoms with E-state index in [1.165, 1.54) is 5.56 Å². The maximum atomic E-state index is 3.82. The van der Waals surface area contributed by atoms with Gasteiger partial charge in [-0.2, -0.15) is 24.6 Å². The average molecular weight is 193 g/mol. The molecule has 1 aromatic rings. The third-order valence-electron chi connectivity index (χ3n) is 1.65. The summed E-state index contributed by atoms with van der Waals surface area (Å²) >= 11 is 0. The monoisotopic (exact) mass is 192 g/mol. The quantitative estimate of drug-likeness (QED) is 0.421. The maximum Gasteiger partial charge on any atom is 2.00 e. The predicted molar refractivity (Wildman–Crippen MR) is 50.7 cm³/mol. The van der Waals surface area contributed by atoms with Gasteiger partial charge in [-0.25, -0.2) is 0 Å². The van der Waals surface area contributed by atoms with Crippen molar-refractivity contribution in [2.24, 2.45) is 0 Å². The van der Waals surface area contributed by atoms with E-state index in [1.54, 1.807) is 0 Å². The molecule has 0 bridgehead atoms. The molecule has 0 fully saturated rings. The van der Waals surface area contributed by atoms with Crippen LogP contribution in [0.3, 0.4) is 0 Å². The van der Waals surface area contributed by atoms with Gasteiger partial charge in [0.05, 0.1) is 0 Å². The molecule has 0 unspecified atom stereocenters.